The van der Waals surface area contributed by atoms with E-state index in [4.69, 9.17) is 0 Å². The van der Waals surface area contributed by atoms with Gasteiger partial charge >= 0.3 is 0 Å². The van der Waals surface area contributed by atoms with Crippen molar-refractivity contribution >= 4 is 5.91 Å². The molecule has 0 spiro atoms. The van der Waals surface area contributed by atoms with Gasteiger partial charge in [-0.05, 0) is 6.42 Å². The van der Waals surface area contributed by atoms with Crippen molar-refractivity contribution in [1.29, 1.82) is 0 Å². The Morgan fingerprint density at radius 1 is 0.750 bits per heavy atom. The Hall–Kier alpha value is -0.610. The molecule has 0 aliphatic carbocycles. The number of amides is 1. The molecule has 0 bridgehead atoms. The van der Waals surface area contributed by atoms with Crippen LogP contribution in [0.15, 0.2) is 0 Å². The maximum absolute atomic E-state index is 10.8. The van der Waals surface area contributed by atoms with Crippen LogP contribution in [0.2, 0.25) is 0 Å². The Morgan fingerprint density at radius 2 is 1.12 bits per heavy atom. The van der Waals surface area contributed by atoms with Gasteiger partial charge in [-0.2, -0.15) is 0 Å². The molecular formula is C20H41NO3. The first-order valence-corrected chi connectivity index (χ1v) is 10.2. The van der Waals surface area contributed by atoms with E-state index in [0.717, 1.165) is 12.8 Å². The van der Waals surface area contributed by atoms with Crippen LogP contribution in [0.5, 0.6) is 0 Å². The smallest absolute Gasteiger partial charge is 0.218 e. The minimum Gasteiger partial charge on any atom is -0.388 e. The summed E-state index contributed by atoms with van der Waals surface area (Å²) in [7, 11) is 0. The van der Waals surface area contributed by atoms with Crippen LogP contribution in [0.3, 0.4) is 0 Å². The number of aliphatic hydroxyl groups excluding tert-OH is 2. The van der Waals surface area contributed by atoms with E-state index in [1.165, 1.54) is 84.0 Å². The zero-order valence-corrected chi connectivity index (χ0v) is 16.1. The predicted molar refractivity (Wildman–Crippen MR) is 101 cm³/mol. The lowest BCUT2D eigenvalue weighted by molar-refractivity contribution is -0.124. The molecule has 3 N–H and O–H groups in total. The molecule has 144 valence electrons. The Balaban J connectivity index is 3.21. The summed E-state index contributed by atoms with van der Waals surface area (Å²) < 4.78 is 0. The van der Waals surface area contributed by atoms with Crippen molar-refractivity contribution in [3.8, 4) is 0 Å². The molecule has 0 saturated heterocycles. The second-order valence-electron chi connectivity index (χ2n) is 7.10. The average Bonchev–Trinajstić information content (AvgIpc) is 2.54. The molecule has 0 aliphatic heterocycles. The minimum absolute atomic E-state index is 0.317. The third kappa shape index (κ3) is 16.3. The molecule has 0 aromatic carbocycles. The molecule has 0 aromatic heterocycles. The fourth-order valence-electron chi connectivity index (χ4n) is 3.01. The molecule has 4 nitrogen and oxygen atoms in total. The summed E-state index contributed by atoms with van der Waals surface area (Å²) in [6.45, 7) is 3.60. The number of hydrogen-bond acceptors (Lipinski definition) is 3. The standard InChI is InChI=1S/C20H41NO3/c1-3-4-5-6-7-8-9-10-11-12-13-14-15-16-17-19(23)20(24)21-18(2)22/h19-20,23-24H,3-17H2,1-2H3,(H,21,22)/t19-,20-/m0/s1. The summed E-state index contributed by atoms with van der Waals surface area (Å²) in [5.74, 6) is -0.317. The second kappa shape index (κ2) is 17.2. The van der Waals surface area contributed by atoms with Crippen molar-refractivity contribution in [2.45, 2.75) is 122 Å². The van der Waals surface area contributed by atoms with Crippen LogP contribution in [0.1, 0.15) is 110 Å². The highest BCUT2D eigenvalue weighted by molar-refractivity contribution is 5.73. The first-order chi connectivity index (χ1) is 11.6. The summed E-state index contributed by atoms with van der Waals surface area (Å²) in [5, 5.41) is 21.5. The van der Waals surface area contributed by atoms with Gasteiger partial charge in [0.1, 0.15) is 0 Å². The highest BCUT2D eigenvalue weighted by Gasteiger charge is 2.15. The van der Waals surface area contributed by atoms with Crippen molar-refractivity contribution in [1.82, 2.24) is 5.32 Å². The lowest BCUT2D eigenvalue weighted by Crippen LogP contribution is -2.42. The van der Waals surface area contributed by atoms with Gasteiger partial charge in [0.15, 0.2) is 6.23 Å². The van der Waals surface area contributed by atoms with Crippen LogP contribution in [-0.2, 0) is 4.79 Å². The molecule has 0 fully saturated rings. The molecule has 0 unspecified atom stereocenters. The van der Waals surface area contributed by atoms with E-state index in [1.807, 2.05) is 0 Å². The van der Waals surface area contributed by atoms with E-state index in [-0.39, 0.29) is 5.91 Å². The van der Waals surface area contributed by atoms with E-state index >= 15 is 0 Å². The number of carbonyl (C=O) groups is 1. The highest BCUT2D eigenvalue weighted by Crippen LogP contribution is 2.14. The third-order valence-corrected chi connectivity index (χ3v) is 4.57. The van der Waals surface area contributed by atoms with Crippen LogP contribution < -0.4 is 5.32 Å². The molecule has 0 heterocycles. The van der Waals surface area contributed by atoms with Crippen molar-refractivity contribution < 1.29 is 15.0 Å². The lowest BCUT2D eigenvalue weighted by atomic mass is 10.0. The van der Waals surface area contributed by atoms with Crippen LogP contribution in [-0.4, -0.2) is 28.5 Å². The summed E-state index contributed by atoms with van der Waals surface area (Å²) in [6.07, 6.45) is 16.8. The van der Waals surface area contributed by atoms with Gasteiger partial charge < -0.3 is 15.5 Å². The van der Waals surface area contributed by atoms with Gasteiger partial charge in [0, 0.05) is 6.92 Å². The molecule has 0 rings (SSSR count). The SMILES string of the molecule is CCCCCCCCCCCCCCCC[C@H](O)[C@H](O)NC(C)=O. The largest absolute Gasteiger partial charge is 0.388 e. The normalized spacial score (nSPS) is 13.7. The topological polar surface area (TPSA) is 69.6 Å². The predicted octanol–water partition coefficient (Wildman–Crippen LogP) is 4.67. The van der Waals surface area contributed by atoms with Crippen molar-refractivity contribution in [3.05, 3.63) is 0 Å². The van der Waals surface area contributed by atoms with Crippen molar-refractivity contribution in [2.75, 3.05) is 0 Å². The molecule has 24 heavy (non-hydrogen) atoms. The van der Waals surface area contributed by atoms with Crippen LogP contribution in [0.25, 0.3) is 0 Å². The maximum Gasteiger partial charge on any atom is 0.218 e. The fraction of sp³-hybridized carbons (Fsp3) is 0.950. The van der Waals surface area contributed by atoms with Gasteiger partial charge in [-0.25, -0.2) is 0 Å². The van der Waals surface area contributed by atoms with Crippen LogP contribution in [0, 0.1) is 0 Å². The van der Waals surface area contributed by atoms with Gasteiger partial charge in [0.25, 0.3) is 0 Å². The third-order valence-electron chi connectivity index (χ3n) is 4.57. The van der Waals surface area contributed by atoms with Gasteiger partial charge in [-0.3, -0.25) is 4.79 Å². The molecule has 0 aliphatic rings. The van der Waals surface area contributed by atoms with E-state index in [2.05, 4.69) is 12.2 Å². The van der Waals surface area contributed by atoms with Crippen LogP contribution >= 0.6 is 0 Å². The Bertz CT molecular complexity index is 284. The number of carbonyl (C=O) groups excluding carboxylic acids is 1. The number of nitrogens with one attached hydrogen (secondary N) is 1. The summed E-state index contributed by atoms with van der Waals surface area (Å²) in [5.41, 5.74) is 0. The molecule has 0 radical (unpaired) electrons. The van der Waals surface area contributed by atoms with E-state index in [9.17, 15) is 15.0 Å². The summed E-state index contributed by atoms with van der Waals surface area (Å²) in [4.78, 5) is 10.8. The van der Waals surface area contributed by atoms with Gasteiger partial charge in [-0.15, -0.1) is 0 Å². The summed E-state index contributed by atoms with van der Waals surface area (Å²) in [6, 6.07) is 0. The molecule has 0 saturated carbocycles. The quantitative estimate of drug-likeness (QED) is 0.265. The van der Waals surface area contributed by atoms with Crippen molar-refractivity contribution in [2.24, 2.45) is 0 Å². The fourth-order valence-corrected chi connectivity index (χ4v) is 3.01. The van der Waals surface area contributed by atoms with Gasteiger partial charge in [0.05, 0.1) is 6.10 Å². The van der Waals surface area contributed by atoms with E-state index in [1.54, 1.807) is 0 Å². The Labute approximate surface area is 149 Å². The van der Waals surface area contributed by atoms with E-state index < -0.39 is 12.3 Å². The maximum atomic E-state index is 10.8. The van der Waals surface area contributed by atoms with Gasteiger partial charge in [0.2, 0.25) is 5.91 Å². The number of aliphatic hydroxyl groups is 2. The lowest BCUT2D eigenvalue weighted by Gasteiger charge is -2.18. The Kier molecular flexibility index (Phi) is 16.8. The molecular weight excluding hydrogens is 302 g/mol. The van der Waals surface area contributed by atoms with Crippen molar-refractivity contribution in [3.63, 3.8) is 0 Å². The minimum atomic E-state index is -1.13. The molecule has 0 aromatic rings. The first-order valence-electron chi connectivity index (χ1n) is 10.2. The number of hydrogen-bond donors (Lipinski definition) is 3. The monoisotopic (exact) mass is 343 g/mol. The zero-order chi connectivity index (χ0) is 18.0. The summed E-state index contributed by atoms with van der Waals surface area (Å²) >= 11 is 0. The molecule has 1 amide bonds. The first kappa shape index (κ1) is 23.4. The molecule has 2 atom stereocenters. The average molecular weight is 344 g/mol. The second-order valence-corrected chi connectivity index (χ2v) is 7.10. The Morgan fingerprint density at radius 3 is 1.50 bits per heavy atom. The number of unbranched alkanes of at least 4 members (excludes halogenated alkanes) is 13. The number of rotatable bonds is 17. The zero-order valence-electron chi connectivity index (χ0n) is 16.1. The van der Waals surface area contributed by atoms with Gasteiger partial charge in [-0.1, -0.05) is 96.8 Å². The molecule has 4 heteroatoms. The van der Waals surface area contributed by atoms with Crippen LogP contribution in [0.4, 0.5) is 0 Å². The van der Waals surface area contributed by atoms with E-state index in [0.29, 0.717) is 6.42 Å². The highest BCUT2D eigenvalue weighted by atomic mass is 16.3.